The summed E-state index contributed by atoms with van der Waals surface area (Å²) in [6, 6.07) is 7.06. The number of sulfonamides is 2. The predicted octanol–water partition coefficient (Wildman–Crippen LogP) is 5.44. The number of alkyl halides is 9. The Labute approximate surface area is 210 Å². The quantitative estimate of drug-likeness (QED) is 0.255. The molecule has 0 spiro atoms. The molecule has 216 valence electrons. The highest BCUT2D eigenvalue weighted by Crippen LogP contribution is 2.53. The molecule has 0 aliphatic heterocycles. The van der Waals surface area contributed by atoms with E-state index in [4.69, 9.17) is 0 Å². The summed E-state index contributed by atoms with van der Waals surface area (Å²) in [5.74, 6) is -8.63. The number of fused-ring (bicyclic) bond motifs is 1. The maximum atomic E-state index is 14.2. The molecular formula is C18H15F9NO7S3-. The van der Waals surface area contributed by atoms with Crippen molar-refractivity contribution in [2.75, 3.05) is 0 Å². The molecule has 0 aliphatic carbocycles. The Morgan fingerprint density at radius 3 is 1.76 bits per heavy atom. The lowest BCUT2D eigenvalue weighted by Gasteiger charge is -2.35. The lowest BCUT2D eigenvalue weighted by molar-refractivity contribution is -0.245. The standard InChI is InChI=1S/C18H15F9NO7S3/c1-3-10(2)11-4-5-13-9-14(7-6-12(13)8-11)35-38(33,34)17(23,24)15(19,20)16(21,22)36(29,30)28-37(31,32)18(25,26)27/h4-10H,3H2,1-2H3/q-1. The molecule has 0 N–H and O–H groups in total. The Hall–Kier alpha value is -2.32. The summed E-state index contributed by atoms with van der Waals surface area (Å²) >= 11 is 0. The molecule has 0 aromatic heterocycles. The van der Waals surface area contributed by atoms with Gasteiger partial charge in [-0.1, -0.05) is 38.1 Å². The first-order valence-corrected chi connectivity index (χ1v) is 14.0. The van der Waals surface area contributed by atoms with Crippen LogP contribution in [0.15, 0.2) is 36.4 Å². The maximum absolute atomic E-state index is 14.2. The van der Waals surface area contributed by atoms with Crippen LogP contribution < -0.4 is 4.18 Å². The topological polar surface area (TPSA) is 126 Å². The van der Waals surface area contributed by atoms with Crippen LogP contribution in [0.1, 0.15) is 31.7 Å². The fourth-order valence-electron chi connectivity index (χ4n) is 2.72. The molecule has 0 fully saturated rings. The third kappa shape index (κ3) is 5.39. The fourth-order valence-corrected chi connectivity index (χ4v) is 5.89. The smallest absolute Gasteiger partial charge is 0.423 e. The van der Waals surface area contributed by atoms with Gasteiger partial charge in [-0.25, -0.2) is 16.8 Å². The molecule has 0 heterocycles. The zero-order chi connectivity index (χ0) is 29.8. The molecule has 20 heteroatoms. The first kappa shape index (κ1) is 31.9. The molecule has 2 aromatic carbocycles. The van der Waals surface area contributed by atoms with Gasteiger partial charge in [0.25, 0.3) is 0 Å². The van der Waals surface area contributed by atoms with Crippen LogP contribution in [0.3, 0.4) is 0 Å². The predicted molar refractivity (Wildman–Crippen MR) is 114 cm³/mol. The monoisotopic (exact) mass is 624 g/mol. The van der Waals surface area contributed by atoms with E-state index < -0.39 is 57.9 Å². The minimum atomic E-state index is -7.98. The van der Waals surface area contributed by atoms with E-state index >= 15 is 0 Å². The maximum Gasteiger partial charge on any atom is 0.480 e. The van der Waals surface area contributed by atoms with Gasteiger partial charge in [0.05, 0.1) is 0 Å². The molecule has 0 bridgehead atoms. The molecule has 2 rings (SSSR count). The van der Waals surface area contributed by atoms with E-state index in [0.29, 0.717) is 15.6 Å². The number of hydrogen-bond donors (Lipinski definition) is 0. The summed E-state index contributed by atoms with van der Waals surface area (Å²) < 4.78 is 194. The van der Waals surface area contributed by atoms with E-state index in [1.807, 2.05) is 13.8 Å². The molecule has 1 unspecified atom stereocenters. The molecule has 0 saturated carbocycles. The Kier molecular flexibility index (Phi) is 8.14. The van der Waals surface area contributed by atoms with Crippen molar-refractivity contribution in [3.8, 4) is 5.75 Å². The van der Waals surface area contributed by atoms with Gasteiger partial charge in [0, 0.05) is 0 Å². The minimum absolute atomic E-state index is 0.0763. The normalized spacial score (nSPS) is 15.4. The average Bonchev–Trinajstić information content (AvgIpc) is 2.75. The van der Waals surface area contributed by atoms with Crippen molar-refractivity contribution in [2.45, 2.75) is 48.1 Å². The van der Waals surface area contributed by atoms with Crippen LogP contribution >= 0.6 is 0 Å². The van der Waals surface area contributed by atoms with Crippen molar-refractivity contribution in [3.63, 3.8) is 0 Å². The largest absolute Gasteiger partial charge is 0.480 e. The van der Waals surface area contributed by atoms with E-state index in [9.17, 15) is 64.8 Å². The van der Waals surface area contributed by atoms with Gasteiger partial charge in [-0.3, -0.25) is 0 Å². The zero-order valence-corrected chi connectivity index (χ0v) is 21.1. The van der Waals surface area contributed by atoms with Crippen molar-refractivity contribution >= 4 is 40.9 Å². The molecule has 0 aliphatic rings. The van der Waals surface area contributed by atoms with Crippen LogP contribution in [0.25, 0.3) is 14.9 Å². The fraction of sp³-hybridized carbons (Fsp3) is 0.444. The van der Waals surface area contributed by atoms with Gasteiger partial charge in [0.2, 0.25) is 0 Å². The number of benzene rings is 2. The Bertz CT molecular complexity index is 1540. The summed E-state index contributed by atoms with van der Waals surface area (Å²) in [7, 11) is -22.7. The lowest BCUT2D eigenvalue weighted by Crippen LogP contribution is -2.61. The van der Waals surface area contributed by atoms with E-state index in [2.05, 4.69) is 4.18 Å². The van der Waals surface area contributed by atoms with Gasteiger partial charge in [-0.2, -0.15) is 47.9 Å². The Morgan fingerprint density at radius 1 is 0.763 bits per heavy atom. The SMILES string of the molecule is CCC(C)c1ccc2cc(OS(=O)(=O)C(F)(F)C(F)(F)C(F)(F)S(=O)(=O)[N-]S(=O)(=O)C(F)(F)F)ccc2c1. The van der Waals surface area contributed by atoms with Crippen molar-refractivity contribution in [1.82, 2.24) is 0 Å². The van der Waals surface area contributed by atoms with Crippen LogP contribution in [0.2, 0.25) is 0 Å². The lowest BCUT2D eigenvalue weighted by atomic mass is 9.96. The number of rotatable bonds is 10. The highest BCUT2D eigenvalue weighted by atomic mass is 32.3. The first-order chi connectivity index (χ1) is 16.8. The zero-order valence-electron chi connectivity index (χ0n) is 18.7. The third-order valence-corrected chi connectivity index (χ3v) is 9.44. The molecule has 0 saturated heterocycles. The van der Waals surface area contributed by atoms with E-state index in [0.717, 1.165) is 24.1 Å². The highest BCUT2D eigenvalue weighted by molar-refractivity contribution is 8.13. The van der Waals surface area contributed by atoms with Gasteiger partial charge >= 0.3 is 32.1 Å². The van der Waals surface area contributed by atoms with E-state index in [1.165, 1.54) is 6.07 Å². The van der Waals surface area contributed by atoms with Crippen molar-refractivity contribution < 1.29 is 69.0 Å². The van der Waals surface area contributed by atoms with Crippen LogP contribution in [-0.4, -0.2) is 47.2 Å². The van der Waals surface area contributed by atoms with Crippen LogP contribution in [-0.2, 0) is 30.2 Å². The van der Waals surface area contributed by atoms with Crippen LogP contribution in [0, 0.1) is 0 Å². The second kappa shape index (κ2) is 9.70. The van der Waals surface area contributed by atoms with Crippen molar-refractivity contribution in [3.05, 3.63) is 46.1 Å². The highest BCUT2D eigenvalue weighted by Gasteiger charge is 2.81. The van der Waals surface area contributed by atoms with Crippen molar-refractivity contribution in [2.24, 2.45) is 0 Å². The molecule has 38 heavy (non-hydrogen) atoms. The molecule has 0 amide bonds. The van der Waals surface area contributed by atoms with Crippen LogP contribution in [0.5, 0.6) is 5.75 Å². The third-order valence-electron chi connectivity index (χ3n) is 5.08. The second-order valence-electron chi connectivity index (χ2n) is 7.69. The van der Waals surface area contributed by atoms with E-state index in [-0.39, 0.29) is 11.3 Å². The number of nitrogens with zero attached hydrogens (tertiary/aromatic N) is 1. The van der Waals surface area contributed by atoms with Gasteiger partial charge < -0.3 is 8.31 Å². The molecule has 0 radical (unpaired) electrons. The van der Waals surface area contributed by atoms with Gasteiger partial charge in [-0.05, 0) is 40.8 Å². The van der Waals surface area contributed by atoms with Gasteiger partial charge in [0.15, 0.2) is 20.0 Å². The molecule has 8 nitrogen and oxygen atoms in total. The summed E-state index contributed by atoms with van der Waals surface area (Å²) in [5.41, 5.74) is -5.90. The second-order valence-corrected chi connectivity index (χ2v) is 12.8. The number of hydrogen-bond acceptors (Lipinski definition) is 7. The summed E-state index contributed by atoms with van der Waals surface area (Å²) in [6.07, 6.45) is 0.726. The molecular weight excluding hydrogens is 609 g/mol. The van der Waals surface area contributed by atoms with E-state index in [1.54, 1.807) is 12.1 Å². The Balaban J connectivity index is 2.48. The summed E-state index contributed by atoms with van der Waals surface area (Å²) in [4.78, 5) is 0. The van der Waals surface area contributed by atoms with Gasteiger partial charge in [-0.15, -0.1) is 0 Å². The van der Waals surface area contributed by atoms with Crippen LogP contribution in [0.4, 0.5) is 39.5 Å². The molecule has 2 aromatic rings. The first-order valence-electron chi connectivity index (χ1n) is 9.76. The van der Waals surface area contributed by atoms with Gasteiger partial charge in [0.1, 0.15) is 5.75 Å². The van der Waals surface area contributed by atoms with Crippen molar-refractivity contribution in [1.29, 1.82) is 0 Å². The Morgan fingerprint density at radius 2 is 1.26 bits per heavy atom. The summed E-state index contributed by atoms with van der Waals surface area (Å²) in [6.45, 7) is 3.75. The number of halogens is 9. The minimum Gasteiger partial charge on any atom is -0.423 e. The average molecular weight is 625 g/mol. The molecule has 1 atom stereocenters. The summed E-state index contributed by atoms with van der Waals surface area (Å²) in [5, 5.41) is -14.1.